The number of carbonyl (C=O) groups excluding carboxylic acids is 1. The summed E-state index contributed by atoms with van der Waals surface area (Å²) in [5.74, 6) is 0.255. The van der Waals surface area contributed by atoms with Crippen molar-refractivity contribution >= 4 is 5.78 Å². The molecule has 134 valence electrons. The van der Waals surface area contributed by atoms with Gasteiger partial charge in [0.25, 0.3) is 0 Å². The number of unbranched alkanes of at least 4 members (excludes halogenated alkanes) is 2. The van der Waals surface area contributed by atoms with E-state index in [1.54, 1.807) is 12.2 Å². The number of aliphatic hydroxyl groups is 2. The Morgan fingerprint density at radius 3 is 2.75 bits per heavy atom. The van der Waals surface area contributed by atoms with Gasteiger partial charge in [-0.25, -0.2) is 0 Å². The second-order valence-corrected chi connectivity index (χ2v) is 6.56. The van der Waals surface area contributed by atoms with Crippen LogP contribution in [0.15, 0.2) is 49.1 Å². The van der Waals surface area contributed by atoms with Crippen LogP contribution in [0.2, 0.25) is 0 Å². The van der Waals surface area contributed by atoms with Crippen molar-refractivity contribution in [1.29, 1.82) is 0 Å². The quantitative estimate of drug-likeness (QED) is 0.417. The molecule has 24 heavy (non-hydrogen) atoms. The number of carbonyl (C=O) groups is 1. The Kier molecular flexibility index (Phi) is 9.58. The maximum atomic E-state index is 12.0. The molecule has 0 radical (unpaired) electrons. The first kappa shape index (κ1) is 20.6. The third-order valence-corrected chi connectivity index (χ3v) is 4.54. The largest absolute Gasteiger partial charge is 0.396 e. The molecule has 3 nitrogen and oxygen atoms in total. The van der Waals surface area contributed by atoms with Gasteiger partial charge < -0.3 is 10.2 Å². The molecular weight excluding hydrogens is 300 g/mol. The van der Waals surface area contributed by atoms with Gasteiger partial charge in [0.15, 0.2) is 5.78 Å². The van der Waals surface area contributed by atoms with E-state index in [1.165, 1.54) is 0 Å². The molecule has 0 spiro atoms. The molecule has 2 N–H and O–H groups in total. The van der Waals surface area contributed by atoms with Crippen LogP contribution in [0, 0.1) is 11.8 Å². The smallest absolute Gasteiger partial charge is 0.159 e. The number of hydrogen-bond acceptors (Lipinski definition) is 3. The summed E-state index contributed by atoms with van der Waals surface area (Å²) in [6.07, 6.45) is 19.0. The van der Waals surface area contributed by atoms with Gasteiger partial charge in [-0.05, 0) is 44.6 Å². The zero-order chi connectivity index (χ0) is 17.8. The van der Waals surface area contributed by atoms with Crippen molar-refractivity contribution in [2.75, 3.05) is 6.61 Å². The Balaban J connectivity index is 2.50. The normalized spacial score (nSPS) is 23.4. The van der Waals surface area contributed by atoms with Gasteiger partial charge in [0.05, 0.1) is 5.60 Å². The van der Waals surface area contributed by atoms with E-state index in [-0.39, 0.29) is 24.2 Å². The average molecular weight is 332 g/mol. The third kappa shape index (κ3) is 6.98. The van der Waals surface area contributed by atoms with E-state index in [2.05, 4.69) is 18.7 Å². The topological polar surface area (TPSA) is 57.5 Å². The van der Waals surface area contributed by atoms with Crippen molar-refractivity contribution in [1.82, 2.24) is 0 Å². The van der Waals surface area contributed by atoms with Gasteiger partial charge in [0, 0.05) is 18.4 Å². The molecule has 0 saturated carbocycles. The highest BCUT2D eigenvalue weighted by Crippen LogP contribution is 2.28. The van der Waals surface area contributed by atoms with Crippen molar-refractivity contribution in [3.63, 3.8) is 0 Å². The molecule has 0 saturated heterocycles. The number of hydrogen-bond donors (Lipinski definition) is 2. The Morgan fingerprint density at radius 1 is 1.29 bits per heavy atom. The SMILES string of the molecule is C=CC(O)(CC=C[C@H]1C=CC(=O)[C@@H]1CC=CCCCCO)CCC. The minimum atomic E-state index is -0.848. The summed E-state index contributed by atoms with van der Waals surface area (Å²) >= 11 is 0. The van der Waals surface area contributed by atoms with Gasteiger partial charge in [-0.1, -0.05) is 49.8 Å². The Morgan fingerprint density at radius 2 is 2.08 bits per heavy atom. The Labute approximate surface area is 146 Å². The van der Waals surface area contributed by atoms with E-state index in [1.807, 2.05) is 25.2 Å². The minimum absolute atomic E-state index is 0.0293. The molecule has 0 aromatic carbocycles. The summed E-state index contributed by atoms with van der Waals surface area (Å²) in [6.45, 7) is 6.00. The Hall–Kier alpha value is -1.45. The molecule has 0 bridgehead atoms. The second kappa shape index (κ2) is 11.2. The summed E-state index contributed by atoms with van der Waals surface area (Å²) in [6, 6.07) is 0. The lowest BCUT2D eigenvalue weighted by atomic mass is 9.89. The van der Waals surface area contributed by atoms with E-state index >= 15 is 0 Å². The molecule has 0 aromatic rings. The highest BCUT2D eigenvalue weighted by molar-refractivity contribution is 5.95. The van der Waals surface area contributed by atoms with Crippen LogP contribution in [0.4, 0.5) is 0 Å². The summed E-state index contributed by atoms with van der Waals surface area (Å²) < 4.78 is 0. The van der Waals surface area contributed by atoms with Gasteiger partial charge in [-0.2, -0.15) is 0 Å². The fraction of sp³-hybridized carbons (Fsp3) is 0.571. The van der Waals surface area contributed by atoms with Crippen LogP contribution in [0.1, 0.15) is 51.9 Å². The lowest BCUT2D eigenvalue weighted by Gasteiger charge is -2.22. The van der Waals surface area contributed by atoms with E-state index in [0.29, 0.717) is 12.8 Å². The summed E-state index contributed by atoms with van der Waals surface area (Å²) in [7, 11) is 0. The summed E-state index contributed by atoms with van der Waals surface area (Å²) in [5, 5.41) is 19.1. The zero-order valence-corrected chi connectivity index (χ0v) is 14.9. The molecule has 1 rings (SSSR count). The number of allylic oxidation sites excluding steroid dienone is 5. The molecule has 0 amide bonds. The molecular formula is C21H32O3. The summed E-state index contributed by atoms with van der Waals surface area (Å²) in [4.78, 5) is 12.0. The monoisotopic (exact) mass is 332 g/mol. The van der Waals surface area contributed by atoms with Gasteiger partial charge in [0.1, 0.15) is 0 Å². The molecule has 0 fully saturated rings. The average Bonchev–Trinajstić information content (AvgIpc) is 2.91. The number of rotatable bonds is 12. The van der Waals surface area contributed by atoms with Gasteiger partial charge in [0.2, 0.25) is 0 Å². The molecule has 0 aromatic heterocycles. The highest BCUT2D eigenvalue weighted by Gasteiger charge is 2.27. The van der Waals surface area contributed by atoms with Crippen LogP contribution in [-0.2, 0) is 4.79 Å². The van der Waals surface area contributed by atoms with Gasteiger partial charge in [-0.15, -0.1) is 6.58 Å². The highest BCUT2D eigenvalue weighted by atomic mass is 16.3. The van der Waals surface area contributed by atoms with Crippen molar-refractivity contribution in [3.05, 3.63) is 49.1 Å². The van der Waals surface area contributed by atoms with Crippen LogP contribution in [0.3, 0.4) is 0 Å². The van der Waals surface area contributed by atoms with Gasteiger partial charge >= 0.3 is 0 Å². The molecule has 1 aliphatic carbocycles. The predicted molar refractivity (Wildman–Crippen MR) is 99.6 cm³/mol. The first-order chi connectivity index (χ1) is 11.6. The predicted octanol–water partition coefficient (Wildman–Crippen LogP) is 4.13. The van der Waals surface area contributed by atoms with E-state index < -0.39 is 5.60 Å². The van der Waals surface area contributed by atoms with Crippen LogP contribution in [0.25, 0.3) is 0 Å². The molecule has 3 heteroatoms. The standard InChI is InChI=1S/C21H32O3/c1-3-15-21(24,4-2)16-10-11-18-13-14-20(23)19(18)12-8-6-5-7-9-17-22/h4,6,8,10-11,13-14,18-19,22,24H,2-3,5,7,9,12,15-17H2,1H3/t18-,19+,21?/m0/s1. The number of ketones is 1. The maximum absolute atomic E-state index is 12.0. The van der Waals surface area contributed by atoms with Gasteiger partial charge in [-0.3, -0.25) is 4.79 Å². The maximum Gasteiger partial charge on any atom is 0.159 e. The summed E-state index contributed by atoms with van der Waals surface area (Å²) in [5.41, 5.74) is -0.848. The molecule has 3 atom stereocenters. The van der Waals surface area contributed by atoms with Crippen molar-refractivity contribution < 1.29 is 15.0 Å². The third-order valence-electron chi connectivity index (χ3n) is 4.54. The van der Waals surface area contributed by atoms with Crippen molar-refractivity contribution in [2.24, 2.45) is 11.8 Å². The van der Waals surface area contributed by atoms with Crippen LogP contribution >= 0.6 is 0 Å². The number of aliphatic hydroxyl groups excluding tert-OH is 1. The Bertz CT molecular complexity index is 475. The van der Waals surface area contributed by atoms with Crippen molar-refractivity contribution in [2.45, 2.75) is 57.5 Å². The lowest BCUT2D eigenvalue weighted by molar-refractivity contribution is -0.117. The van der Waals surface area contributed by atoms with E-state index in [4.69, 9.17) is 5.11 Å². The molecule has 0 heterocycles. The first-order valence-electron chi connectivity index (χ1n) is 9.07. The molecule has 1 unspecified atom stereocenters. The zero-order valence-electron chi connectivity index (χ0n) is 14.9. The van der Waals surface area contributed by atoms with E-state index in [0.717, 1.165) is 32.1 Å². The fourth-order valence-corrected chi connectivity index (χ4v) is 3.01. The molecule has 0 aliphatic heterocycles. The lowest BCUT2D eigenvalue weighted by Crippen LogP contribution is -2.24. The van der Waals surface area contributed by atoms with Crippen LogP contribution < -0.4 is 0 Å². The van der Waals surface area contributed by atoms with E-state index in [9.17, 15) is 9.90 Å². The van der Waals surface area contributed by atoms with Crippen LogP contribution in [0.5, 0.6) is 0 Å². The van der Waals surface area contributed by atoms with Crippen molar-refractivity contribution in [3.8, 4) is 0 Å². The van der Waals surface area contributed by atoms with Crippen LogP contribution in [-0.4, -0.2) is 28.2 Å². The fourth-order valence-electron chi connectivity index (χ4n) is 3.01. The second-order valence-electron chi connectivity index (χ2n) is 6.56. The minimum Gasteiger partial charge on any atom is -0.396 e. The molecule has 1 aliphatic rings. The first-order valence-corrected chi connectivity index (χ1v) is 9.07.